The zero-order valence-corrected chi connectivity index (χ0v) is 13.8. The predicted molar refractivity (Wildman–Crippen MR) is 89.1 cm³/mol. The Kier molecular flexibility index (Phi) is 4.38. The Morgan fingerprint density at radius 1 is 1.21 bits per heavy atom. The molecule has 0 aliphatic carbocycles. The highest BCUT2D eigenvalue weighted by Crippen LogP contribution is 2.23. The van der Waals surface area contributed by atoms with Crippen molar-refractivity contribution in [2.45, 2.75) is 20.3 Å². The maximum Gasteiger partial charge on any atom is 0.308 e. The smallest absolute Gasteiger partial charge is 0.308 e. The molecule has 1 aromatic heterocycles. The van der Waals surface area contributed by atoms with Crippen LogP contribution in [0.15, 0.2) is 36.4 Å². The van der Waals surface area contributed by atoms with Gasteiger partial charge in [-0.25, -0.2) is 4.68 Å². The van der Waals surface area contributed by atoms with Gasteiger partial charge in [0.15, 0.2) is 5.69 Å². The summed E-state index contributed by atoms with van der Waals surface area (Å²) < 4.78 is 1.73. The van der Waals surface area contributed by atoms with Gasteiger partial charge in [-0.3, -0.25) is 9.59 Å². The van der Waals surface area contributed by atoms with Crippen molar-refractivity contribution in [1.29, 1.82) is 0 Å². The second-order valence-electron chi connectivity index (χ2n) is 6.50. The minimum atomic E-state index is -0.842. The van der Waals surface area contributed by atoms with Crippen molar-refractivity contribution >= 4 is 11.9 Å². The first-order valence-corrected chi connectivity index (χ1v) is 8.10. The molecule has 0 spiro atoms. The molecule has 2 unspecified atom stereocenters. The van der Waals surface area contributed by atoms with Gasteiger partial charge in [0.25, 0.3) is 5.91 Å². The molecule has 1 aromatic carbocycles. The van der Waals surface area contributed by atoms with E-state index in [0.717, 1.165) is 11.4 Å². The van der Waals surface area contributed by atoms with Crippen LogP contribution in [0.25, 0.3) is 5.69 Å². The highest BCUT2D eigenvalue weighted by molar-refractivity contribution is 5.93. The Balaban J connectivity index is 1.84. The van der Waals surface area contributed by atoms with E-state index in [1.54, 1.807) is 15.6 Å². The fourth-order valence-electron chi connectivity index (χ4n) is 3.27. The van der Waals surface area contributed by atoms with Crippen molar-refractivity contribution in [2.75, 3.05) is 13.1 Å². The van der Waals surface area contributed by atoms with E-state index in [9.17, 15) is 14.7 Å². The van der Waals surface area contributed by atoms with E-state index >= 15 is 0 Å². The third-order valence-electron chi connectivity index (χ3n) is 4.40. The third kappa shape index (κ3) is 3.18. The van der Waals surface area contributed by atoms with E-state index in [0.29, 0.717) is 18.7 Å². The zero-order valence-electron chi connectivity index (χ0n) is 13.8. The van der Waals surface area contributed by atoms with E-state index in [1.807, 2.05) is 44.2 Å². The van der Waals surface area contributed by atoms with Crippen LogP contribution in [0.2, 0.25) is 0 Å². The first-order valence-electron chi connectivity index (χ1n) is 8.10. The van der Waals surface area contributed by atoms with Gasteiger partial charge >= 0.3 is 5.97 Å². The number of aromatic nitrogens is 2. The highest BCUT2D eigenvalue weighted by Gasteiger charge is 2.33. The average Bonchev–Trinajstić information content (AvgIpc) is 2.96. The second kappa shape index (κ2) is 6.47. The van der Waals surface area contributed by atoms with Gasteiger partial charge in [0.2, 0.25) is 0 Å². The lowest BCUT2D eigenvalue weighted by Crippen LogP contribution is -2.45. The van der Waals surface area contributed by atoms with E-state index < -0.39 is 11.9 Å². The molecule has 0 saturated carbocycles. The summed E-state index contributed by atoms with van der Waals surface area (Å²) in [4.78, 5) is 25.7. The summed E-state index contributed by atoms with van der Waals surface area (Å²) in [5, 5.41) is 13.7. The highest BCUT2D eigenvalue weighted by atomic mass is 16.4. The van der Waals surface area contributed by atoms with Crippen molar-refractivity contribution in [3.63, 3.8) is 0 Å². The second-order valence-corrected chi connectivity index (χ2v) is 6.50. The van der Waals surface area contributed by atoms with E-state index in [-0.39, 0.29) is 18.4 Å². The lowest BCUT2D eigenvalue weighted by molar-refractivity contribution is -0.143. The Hall–Kier alpha value is -2.63. The van der Waals surface area contributed by atoms with Gasteiger partial charge in [-0.05, 0) is 37.5 Å². The van der Waals surface area contributed by atoms with Gasteiger partial charge in [-0.15, -0.1) is 0 Å². The molecule has 126 valence electrons. The summed E-state index contributed by atoms with van der Waals surface area (Å²) in [5.41, 5.74) is 2.11. The number of rotatable bonds is 3. The van der Waals surface area contributed by atoms with E-state index in [2.05, 4.69) is 5.10 Å². The summed E-state index contributed by atoms with van der Waals surface area (Å²) in [5.74, 6) is -1.38. The molecule has 1 saturated heterocycles. The number of aryl methyl sites for hydroxylation is 1. The number of carbonyl (C=O) groups is 2. The number of aliphatic carboxylic acids is 1. The topological polar surface area (TPSA) is 75.4 Å². The number of amides is 1. The zero-order chi connectivity index (χ0) is 17.3. The van der Waals surface area contributed by atoms with Crippen LogP contribution in [0.1, 0.15) is 29.5 Å². The minimum absolute atomic E-state index is 0.168. The molecule has 1 amide bonds. The molecule has 6 nitrogen and oxygen atoms in total. The number of nitrogens with zero attached hydrogens (tertiary/aromatic N) is 3. The van der Waals surface area contributed by atoms with Crippen molar-refractivity contribution in [3.05, 3.63) is 47.8 Å². The maximum absolute atomic E-state index is 12.8. The third-order valence-corrected chi connectivity index (χ3v) is 4.40. The summed E-state index contributed by atoms with van der Waals surface area (Å²) in [6.45, 7) is 4.69. The number of carboxylic acid groups (broad SMARTS) is 1. The number of benzene rings is 1. The molecular formula is C18H21N3O3. The number of piperidine rings is 1. The van der Waals surface area contributed by atoms with Gasteiger partial charge in [-0.1, -0.05) is 25.1 Å². The van der Waals surface area contributed by atoms with Crippen LogP contribution in [0.5, 0.6) is 0 Å². The number of hydrogen-bond acceptors (Lipinski definition) is 3. The van der Waals surface area contributed by atoms with Gasteiger partial charge in [-0.2, -0.15) is 5.10 Å². The van der Waals surface area contributed by atoms with Crippen molar-refractivity contribution in [3.8, 4) is 5.69 Å². The summed E-state index contributed by atoms with van der Waals surface area (Å²) in [6, 6.07) is 11.4. The number of likely N-dealkylation sites (tertiary alicyclic amines) is 1. The van der Waals surface area contributed by atoms with Crippen LogP contribution in [0, 0.1) is 18.8 Å². The Morgan fingerprint density at radius 2 is 1.92 bits per heavy atom. The van der Waals surface area contributed by atoms with Crippen LogP contribution >= 0.6 is 0 Å². The SMILES string of the molecule is Cc1cc(C(=O)N2CC(C)CC(C(=O)O)C2)nn1-c1ccccc1. The van der Waals surface area contributed by atoms with Crippen LogP contribution in [-0.2, 0) is 4.79 Å². The monoisotopic (exact) mass is 327 g/mol. The molecular weight excluding hydrogens is 306 g/mol. The first-order chi connectivity index (χ1) is 11.5. The van der Waals surface area contributed by atoms with Crippen LogP contribution in [-0.4, -0.2) is 44.8 Å². The fourth-order valence-corrected chi connectivity index (χ4v) is 3.27. The van der Waals surface area contributed by atoms with Crippen molar-refractivity contribution < 1.29 is 14.7 Å². The largest absolute Gasteiger partial charge is 0.481 e. The lowest BCUT2D eigenvalue weighted by atomic mass is 9.90. The standard InChI is InChI=1S/C18H21N3O3/c1-12-8-14(18(23)24)11-20(10-12)17(22)16-9-13(2)21(19-16)15-6-4-3-5-7-15/h3-7,9,12,14H,8,10-11H2,1-2H3,(H,23,24). The summed E-state index contributed by atoms with van der Waals surface area (Å²) in [7, 11) is 0. The van der Waals surface area contributed by atoms with E-state index in [4.69, 9.17) is 0 Å². The van der Waals surface area contributed by atoms with E-state index in [1.165, 1.54) is 0 Å². The summed E-state index contributed by atoms with van der Waals surface area (Å²) in [6.07, 6.45) is 0.608. The molecule has 1 aliphatic rings. The molecule has 2 aromatic rings. The number of hydrogen-bond donors (Lipinski definition) is 1. The lowest BCUT2D eigenvalue weighted by Gasteiger charge is -2.34. The number of para-hydroxylation sites is 1. The summed E-state index contributed by atoms with van der Waals surface area (Å²) >= 11 is 0. The quantitative estimate of drug-likeness (QED) is 0.939. The normalized spacial score (nSPS) is 20.8. The predicted octanol–water partition coefficient (Wildman–Crippen LogP) is 2.36. The van der Waals surface area contributed by atoms with Gasteiger partial charge < -0.3 is 10.0 Å². The van der Waals surface area contributed by atoms with Crippen LogP contribution in [0.4, 0.5) is 0 Å². The molecule has 6 heteroatoms. The van der Waals surface area contributed by atoms with Crippen LogP contribution in [0.3, 0.4) is 0 Å². The van der Waals surface area contributed by atoms with Gasteiger partial charge in [0.05, 0.1) is 11.6 Å². The number of carbonyl (C=O) groups excluding carboxylic acids is 1. The molecule has 24 heavy (non-hydrogen) atoms. The maximum atomic E-state index is 12.8. The Labute approximate surface area is 140 Å². The first kappa shape index (κ1) is 16.2. The number of carboxylic acids is 1. The Bertz CT molecular complexity index is 754. The molecule has 1 N–H and O–H groups in total. The molecule has 2 atom stereocenters. The van der Waals surface area contributed by atoms with Crippen LogP contribution < -0.4 is 0 Å². The van der Waals surface area contributed by atoms with Gasteiger partial charge in [0.1, 0.15) is 0 Å². The molecule has 0 bridgehead atoms. The molecule has 1 fully saturated rings. The van der Waals surface area contributed by atoms with Crippen molar-refractivity contribution in [2.24, 2.45) is 11.8 Å². The van der Waals surface area contributed by atoms with Crippen molar-refractivity contribution in [1.82, 2.24) is 14.7 Å². The minimum Gasteiger partial charge on any atom is -0.481 e. The molecule has 0 radical (unpaired) electrons. The fraction of sp³-hybridized carbons (Fsp3) is 0.389. The molecule has 2 heterocycles. The average molecular weight is 327 g/mol. The Morgan fingerprint density at radius 3 is 2.58 bits per heavy atom. The molecule has 1 aliphatic heterocycles. The molecule has 3 rings (SSSR count). The van der Waals surface area contributed by atoms with Gasteiger partial charge in [0, 0.05) is 18.8 Å².